The predicted molar refractivity (Wildman–Crippen MR) is 121 cm³/mol. The standard InChI is InChI=1S/C27H46O2/c1-4-21(28)9-7-6-8-20-11-13-25-24-12-10-19-18-27(29,5-2)17-15-22(19)23(24)14-16-26(20,25)3/h10,20-25,28-29H,4-9,11-18H2,1-3H3/t20-,21+,22-,23+,24+,25-,26+,27-/m0/s1. The smallest absolute Gasteiger partial charge is 0.0682 e. The molecule has 4 aliphatic carbocycles. The molecule has 0 amide bonds. The number of hydrogen-bond acceptors (Lipinski definition) is 2. The van der Waals surface area contributed by atoms with Crippen molar-refractivity contribution < 1.29 is 10.2 Å². The van der Waals surface area contributed by atoms with Crippen LogP contribution < -0.4 is 0 Å². The number of hydrogen-bond donors (Lipinski definition) is 2. The van der Waals surface area contributed by atoms with Gasteiger partial charge in [-0.3, -0.25) is 0 Å². The first kappa shape index (κ1) is 21.9. The normalized spacial score (nSPS) is 45.1. The SMILES string of the molecule is CC[C@@H](O)CCCC[C@H]1CC[C@H]2[C@@H]3CC=C4C[C@](O)(CC)CC[C@@H]4[C@H]3CC[C@]12C. The summed E-state index contributed by atoms with van der Waals surface area (Å²) in [5, 5.41) is 20.7. The fourth-order valence-corrected chi connectivity index (χ4v) is 8.22. The first-order valence-corrected chi connectivity index (χ1v) is 13.0. The van der Waals surface area contributed by atoms with Gasteiger partial charge in [0.2, 0.25) is 0 Å². The molecule has 29 heavy (non-hydrogen) atoms. The van der Waals surface area contributed by atoms with Crippen LogP contribution in [0.1, 0.15) is 111 Å². The molecular formula is C27H46O2. The summed E-state index contributed by atoms with van der Waals surface area (Å²) in [5.74, 6) is 4.42. The highest BCUT2D eigenvalue weighted by atomic mass is 16.3. The van der Waals surface area contributed by atoms with E-state index < -0.39 is 5.60 Å². The third-order valence-electron chi connectivity index (χ3n) is 10.3. The van der Waals surface area contributed by atoms with E-state index in [1.807, 2.05) is 0 Å². The third kappa shape index (κ3) is 4.10. The van der Waals surface area contributed by atoms with E-state index in [-0.39, 0.29) is 6.10 Å². The summed E-state index contributed by atoms with van der Waals surface area (Å²) in [6, 6.07) is 0. The molecule has 0 saturated heterocycles. The largest absolute Gasteiger partial charge is 0.393 e. The van der Waals surface area contributed by atoms with Crippen molar-refractivity contribution in [3.05, 3.63) is 11.6 Å². The van der Waals surface area contributed by atoms with Crippen molar-refractivity contribution in [2.24, 2.45) is 35.0 Å². The highest BCUT2D eigenvalue weighted by molar-refractivity contribution is 5.21. The minimum Gasteiger partial charge on any atom is -0.393 e. The van der Waals surface area contributed by atoms with E-state index in [1.54, 1.807) is 5.57 Å². The molecule has 0 unspecified atom stereocenters. The molecule has 0 bridgehead atoms. The summed E-state index contributed by atoms with van der Waals surface area (Å²) in [6.07, 6.45) is 19.4. The van der Waals surface area contributed by atoms with Gasteiger partial charge in [0.05, 0.1) is 11.7 Å². The zero-order valence-electron chi connectivity index (χ0n) is 19.3. The second-order valence-electron chi connectivity index (χ2n) is 11.5. The van der Waals surface area contributed by atoms with E-state index in [0.717, 1.165) is 61.7 Å². The van der Waals surface area contributed by atoms with Crippen LogP contribution in [-0.4, -0.2) is 21.9 Å². The van der Waals surface area contributed by atoms with E-state index >= 15 is 0 Å². The molecule has 4 rings (SSSR count). The molecule has 0 aromatic rings. The van der Waals surface area contributed by atoms with E-state index in [2.05, 4.69) is 26.8 Å². The van der Waals surface area contributed by atoms with Crippen LogP contribution in [0.15, 0.2) is 11.6 Å². The molecule has 0 spiro atoms. The minimum atomic E-state index is -0.415. The lowest BCUT2D eigenvalue weighted by molar-refractivity contribution is -0.0407. The molecule has 166 valence electrons. The van der Waals surface area contributed by atoms with Gasteiger partial charge in [0.15, 0.2) is 0 Å². The molecule has 2 N–H and O–H groups in total. The van der Waals surface area contributed by atoms with Crippen molar-refractivity contribution in [3.8, 4) is 0 Å². The molecule has 3 saturated carbocycles. The maximum atomic E-state index is 10.8. The van der Waals surface area contributed by atoms with Gasteiger partial charge in [0.25, 0.3) is 0 Å². The lowest BCUT2D eigenvalue weighted by Crippen LogP contribution is -2.47. The monoisotopic (exact) mass is 402 g/mol. The van der Waals surface area contributed by atoms with Crippen LogP contribution in [0.5, 0.6) is 0 Å². The molecule has 2 heteroatoms. The molecule has 0 aromatic carbocycles. The van der Waals surface area contributed by atoms with Gasteiger partial charge in [-0.2, -0.15) is 0 Å². The average molecular weight is 403 g/mol. The molecule has 0 heterocycles. The average Bonchev–Trinajstić information content (AvgIpc) is 3.07. The van der Waals surface area contributed by atoms with Crippen LogP contribution in [0, 0.1) is 35.0 Å². The molecule has 4 aliphatic rings. The molecule has 0 aromatic heterocycles. The fourth-order valence-electron chi connectivity index (χ4n) is 8.22. The summed E-state index contributed by atoms with van der Waals surface area (Å²) >= 11 is 0. The summed E-state index contributed by atoms with van der Waals surface area (Å²) in [6.45, 7) is 6.88. The Hall–Kier alpha value is -0.340. The third-order valence-corrected chi connectivity index (χ3v) is 10.3. The maximum absolute atomic E-state index is 10.8. The fraction of sp³-hybridized carbons (Fsp3) is 0.926. The van der Waals surface area contributed by atoms with Gasteiger partial charge in [-0.15, -0.1) is 0 Å². The Morgan fingerprint density at radius 3 is 2.66 bits per heavy atom. The zero-order valence-corrected chi connectivity index (χ0v) is 19.3. The highest BCUT2D eigenvalue weighted by Crippen LogP contribution is 2.64. The predicted octanol–water partition coefficient (Wildman–Crippen LogP) is 6.65. The van der Waals surface area contributed by atoms with Gasteiger partial charge in [-0.05, 0) is 112 Å². The van der Waals surface area contributed by atoms with Gasteiger partial charge in [-0.25, -0.2) is 0 Å². The topological polar surface area (TPSA) is 40.5 Å². The van der Waals surface area contributed by atoms with Gasteiger partial charge in [0, 0.05) is 0 Å². The van der Waals surface area contributed by atoms with Crippen molar-refractivity contribution in [3.63, 3.8) is 0 Å². The van der Waals surface area contributed by atoms with Gasteiger partial charge >= 0.3 is 0 Å². The molecule has 0 aliphatic heterocycles. The summed E-state index contributed by atoms with van der Waals surface area (Å²) in [7, 11) is 0. The van der Waals surface area contributed by atoms with Gasteiger partial charge in [0.1, 0.15) is 0 Å². The number of allylic oxidation sites excluding steroid dienone is 1. The van der Waals surface area contributed by atoms with Gasteiger partial charge in [-0.1, -0.05) is 45.3 Å². The van der Waals surface area contributed by atoms with Gasteiger partial charge < -0.3 is 10.2 Å². The second-order valence-corrected chi connectivity index (χ2v) is 11.5. The Morgan fingerprint density at radius 1 is 1.07 bits per heavy atom. The zero-order chi connectivity index (χ0) is 20.6. The molecular weight excluding hydrogens is 356 g/mol. The van der Waals surface area contributed by atoms with Crippen LogP contribution in [0.3, 0.4) is 0 Å². The first-order valence-electron chi connectivity index (χ1n) is 13.0. The van der Waals surface area contributed by atoms with E-state index in [1.165, 1.54) is 57.8 Å². The van der Waals surface area contributed by atoms with Crippen molar-refractivity contribution in [2.45, 2.75) is 122 Å². The number of aliphatic hydroxyl groups excluding tert-OH is 1. The quantitative estimate of drug-likeness (QED) is 0.370. The summed E-state index contributed by atoms with van der Waals surface area (Å²) in [4.78, 5) is 0. The molecule has 3 fully saturated rings. The van der Waals surface area contributed by atoms with Crippen molar-refractivity contribution in [1.82, 2.24) is 0 Å². The number of fused-ring (bicyclic) bond motifs is 5. The Kier molecular flexibility index (Phi) is 6.53. The summed E-state index contributed by atoms with van der Waals surface area (Å²) in [5.41, 5.74) is 1.77. The van der Waals surface area contributed by atoms with E-state index in [9.17, 15) is 10.2 Å². The lowest BCUT2D eigenvalue weighted by Gasteiger charge is -2.54. The Balaban J connectivity index is 1.39. The number of unbranched alkanes of at least 4 members (excludes halogenated alkanes) is 1. The lowest BCUT2D eigenvalue weighted by atomic mass is 9.51. The first-order chi connectivity index (χ1) is 13.9. The molecule has 2 nitrogen and oxygen atoms in total. The van der Waals surface area contributed by atoms with Crippen molar-refractivity contribution in [2.75, 3.05) is 0 Å². The summed E-state index contributed by atoms with van der Waals surface area (Å²) < 4.78 is 0. The minimum absolute atomic E-state index is 0.0820. The van der Waals surface area contributed by atoms with E-state index in [0.29, 0.717) is 5.41 Å². The van der Waals surface area contributed by atoms with Crippen LogP contribution >= 0.6 is 0 Å². The number of aliphatic hydroxyl groups is 2. The Bertz CT molecular complexity index is 597. The number of rotatable bonds is 7. The molecule has 0 radical (unpaired) electrons. The van der Waals surface area contributed by atoms with Crippen LogP contribution in [0.25, 0.3) is 0 Å². The molecule has 8 atom stereocenters. The van der Waals surface area contributed by atoms with E-state index in [4.69, 9.17) is 0 Å². The highest BCUT2D eigenvalue weighted by Gasteiger charge is 2.55. The van der Waals surface area contributed by atoms with Crippen LogP contribution in [0.2, 0.25) is 0 Å². The van der Waals surface area contributed by atoms with Crippen LogP contribution in [0.4, 0.5) is 0 Å². The van der Waals surface area contributed by atoms with Crippen molar-refractivity contribution >= 4 is 0 Å². The Morgan fingerprint density at radius 2 is 1.90 bits per heavy atom. The van der Waals surface area contributed by atoms with Crippen LogP contribution in [-0.2, 0) is 0 Å². The van der Waals surface area contributed by atoms with Crippen molar-refractivity contribution in [1.29, 1.82) is 0 Å². The maximum Gasteiger partial charge on any atom is 0.0682 e. The Labute approximate surface area is 179 Å². The second kappa shape index (κ2) is 8.65.